The van der Waals surface area contributed by atoms with Crippen LogP contribution in [-0.4, -0.2) is 23.7 Å². The molecule has 6 heteroatoms. The summed E-state index contributed by atoms with van der Waals surface area (Å²) in [6.45, 7) is 0.790. The van der Waals surface area contributed by atoms with Gasteiger partial charge in [0.15, 0.2) is 0 Å². The normalized spacial score (nSPS) is 11.7. The summed E-state index contributed by atoms with van der Waals surface area (Å²) in [4.78, 5) is 11.4. The summed E-state index contributed by atoms with van der Waals surface area (Å²) in [6.07, 6.45) is 2.25. The molecule has 0 aliphatic carbocycles. The van der Waals surface area contributed by atoms with Gasteiger partial charge >= 0.3 is 5.97 Å². The SMILES string of the molecule is Nc1ccc(NCCCCC(Nc2ccc(N)cc2)C(=O)O)cc1. The first kappa shape index (κ1) is 17.5. The third-order valence-electron chi connectivity index (χ3n) is 3.71. The Morgan fingerprint density at radius 2 is 1.46 bits per heavy atom. The predicted molar refractivity (Wildman–Crippen MR) is 99.1 cm³/mol. The number of nitrogens with two attached hydrogens (primary N) is 2. The molecule has 1 atom stereocenters. The van der Waals surface area contributed by atoms with Gasteiger partial charge < -0.3 is 27.2 Å². The lowest BCUT2D eigenvalue weighted by Crippen LogP contribution is -2.29. The molecule has 7 N–H and O–H groups in total. The first-order valence-electron chi connectivity index (χ1n) is 7.99. The van der Waals surface area contributed by atoms with E-state index in [0.29, 0.717) is 12.1 Å². The fourth-order valence-corrected chi connectivity index (χ4v) is 2.35. The van der Waals surface area contributed by atoms with Gasteiger partial charge in [-0.1, -0.05) is 0 Å². The average molecular weight is 328 g/mol. The van der Waals surface area contributed by atoms with E-state index in [1.165, 1.54) is 0 Å². The van der Waals surface area contributed by atoms with Crippen molar-refractivity contribution in [2.45, 2.75) is 25.3 Å². The lowest BCUT2D eigenvalue weighted by Gasteiger charge is -2.16. The van der Waals surface area contributed by atoms with Gasteiger partial charge in [-0.05, 0) is 67.8 Å². The summed E-state index contributed by atoms with van der Waals surface area (Å²) in [5.41, 5.74) is 14.4. The Hall–Kier alpha value is -2.89. The number of carbonyl (C=O) groups is 1. The monoisotopic (exact) mass is 328 g/mol. The van der Waals surface area contributed by atoms with E-state index in [1.54, 1.807) is 24.3 Å². The van der Waals surface area contributed by atoms with Gasteiger partial charge in [0.25, 0.3) is 0 Å². The molecule has 0 saturated carbocycles. The van der Waals surface area contributed by atoms with Crippen molar-refractivity contribution in [2.24, 2.45) is 0 Å². The number of carboxylic acids is 1. The molecule has 128 valence electrons. The highest BCUT2D eigenvalue weighted by Gasteiger charge is 2.16. The highest BCUT2D eigenvalue weighted by atomic mass is 16.4. The molecule has 6 nitrogen and oxygen atoms in total. The van der Waals surface area contributed by atoms with Gasteiger partial charge in [-0.25, -0.2) is 4.79 Å². The van der Waals surface area contributed by atoms with Crippen LogP contribution in [-0.2, 0) is 4.79 Å². The van der Waals surface area contributed by atoms with Crippen LogP contribution in [0.3, 0.4) is 0 Å². The van der Waals surface area contributed by atoms with Gasteiger partial charge in [-0.15, -0.1) is 0 Å². The van der Waals surface area contributed by atoms with Crippen molar-refractivity contribution in [1.82, 2.24) is 0 Å². The Bertz CT molecular complexity index is 641. The number of hydrogen-bond donors (Lipinski definition) is 5. The zero-order valence-electron chi connectivity index (χ0n) is 13.5. The van der Waals surface area contributed by atoms with E-state index in [-0.39, 0.29) is 0 Å². The van der Waals surface area contributed by atoms with Crippen LogP contribution < -0.4 is 22.1 Å². The number of unbranched alkanes of at least 4 members (excludes halogenated alkanes) is 1. The van der Waals surface area contributed by atoms with E-state index in [1.807, 2.05) is 24.3 Å². The molecular formula is C18H24N4O2. The molecule has 0 heterocycles. The first-order valence-corrected chi connectivity index (χ1v) is 7.99. The smallest absolute Gasteiger partial charge is 0.326 e. The van der Waals surface area contributed by atoms with Crippen molar-refractivity contribution in [3.63, 3.8) is 0 Å². The van der Waals surface area contributed by atoms with Gasteiger partial charge in [0, 0.05) is 29.3 Å². The molecule has 2 aromatic rings. The van der Waals surface area contributed by atoms with Crippen molar-refractivity contribution >= 4 is 28.7 Å². The van der Waals surface area contributed by atoms with Gasteiger partial charge in [0.05, 0.1) is 0 Å². The number of carboxylic acid groups (broad SMARTS) is 1. The minimum Gasteiger partial charge on any atom is -0.480 e. The topological polar surface area (TPSA) is 113 Å². The maximum absolute atomic E-state index is 11.4. The van der Waals surface area contributed by atoms with Gasteiger partial charge in [-0.3, -0.25) is 0 Å². The van der Waals surface area contributed by atoms with Crippen molar-refractivity contribution in [3.8, 4) is 0 Å². The van der Waals surface area contributed by atoms with Crippen LogP contribution in [0.1, 0.15) is 19.3 Å². The molecule has 2 aromatic carbocycles. The second-order valence-corrected chi connectivity index (χ2v) is 5.70. The van der Waals surface area contributed by atoms with Crippen molar-refractivity contribution in [3.05, 3.63) is 48.5 Å². The number of hydrogen-bond acceptors (Lipinski definition) is 5. The summed E-state index contributed by atoms with van der Waals surface area (Å²) in [5, 5.41) is 15.7. The molecule has 0 fully saturated rings. The van der Waals surface area contributed by atoms with Crippen LogP contribution >= 0.6 is 0 Å². The molecule has 1 unspecified atom stereocenters. The molecule has 0 aromatic heterocycles. The van der Waals surface area contributed by atoms with E-state index < -0.39 is 12.0 Å². The van der Waals surface area contributed by atoms with Crippen LogP contribution in [0.25, 0.3) is 0 Å². The van der Waals surface area contributed by atoms with Gasteiger partial charge in [-0.2, -0.15) is 0 Å². The quantitative estimate of drug-likeness (QED) is 0.357. The second-order valence-electron chi connectivity index (χ2n) is 5.70. The maximum Gasteiger partial charge on any atom is 0.326 e. The van der Waals surface area contributed by atoms with E-state index in [2.05, 4.69) is 10.6 Å². The second kappa shape index (κ2) is 8.67. The summed E-state index contributed by atoms with van der Waals surface area (Å²) in [5.74, 6) is -0.849. The van der Waals surface area contributed by atoms with Crippen molar-refractivity contribution in [1.29, 1.82) is 0 Å². The number of benzene rings is 2. The third-order valence-corrected chi connectivity index (χ3v) is 3.71. The Morgan fingerprint density at radius 1 is 0.917 bits per heavy atom. The lowest BCUT2D eigenvalue weighted by atomic mass is 10.1. The molecule has 0 spiro atoms. The van der Waals surface area contributed by atoms with E-state index in [4.69, 9.17) is 11.5 Å². The summed E-state index contributed by atoms with van der Waals surface area (Å²) in [7, 11) is 0. The zero-order chi connectivity index (χ0) is 17.4. The molecule has 2 rings (SSSR count). The highest BCUT2D eigenvalue weighted by Crippen LogP contribution is 2.15. The summed E-state index contributed by atoms with van der Waals surface area (Å²) < 4.78 is 0. The van der Waals surface area contributed by atoms with Crippen molar-refractivity contribution < 1.29 is 9.90 Å². The zero-order valence-corrected chi connectivity index (χ0v) is 13.5. The summed E-state index contributed by atoms with van der Waals surface area (Å²) >= 11 is 0. The Morgan fingerprint density at radius 3 is 2.00 bits per heavy atom. The Balaban J connectivity index is 1.72. The fraction of sp³-hybridized carbons (Fsp3) is 0.278. The van der Waals surface area contributed by atoms with Crippen LogP contribution in [0, 0.1) is 0 Å². The average Bonchev–Trinajstić information content (AvgIpc) is 2.57. The molecular weight excluding hydrogens is 304 g/mol. The number of rotatable bonds is 9. The van der Waals surface area contributed by atoms with E-state index in [9.17, 15) is 9.90 Å². The molecule has 0 aliphatic rings. The minimum atomic E-state index is -0.849. The third kappa shape index (κ3) is 5.72. The van der Waals surface area contributed by atoms with E-state index in [0.717, 1.165) is 36.4 Å². The van der Waals surface area contributed by atoms with Crippen LogP contribution in [0.2, 0.25) is 0 Å². The molecule has 0 radical (unpaired) electrons. The highest BCUT2D eigenvalue weighted by molar-refractivity contribution is 5.77. The van der Waals surface area contributed by atoms with Crippen LogP contribution in [0.5, 0.6) is 0 Å². The standard InChI is InChI=1S/C18H24N4O2/c19-13-4-8-15(9-5-13)21-12-2-1-3-17(18(23)24)22-16-10-6-14(20)7-11-16/h4-11,17,21-22H,1-3,12,19-20H2,(H,23,24). The number of nitrogen functional groups attached to an aromatic ring is 2. The summed E-state index contributed by atoms with van der Waals surface area (Å²) in [6, 6.07) is 14.0. The van der Waals surface area contributed by atoms with Crippen molar-refractivity contribution in [2.75, 3.05) is 28.6 Å². The molecule has 0 amide bonds. The molecule has 0 aliphatic heterocycles. The van der Waals surface area contributed by atoms with E-state index >= 15 is 0 Å². The maximum atomic E-state index is 11.4. The number of aliphatic carboxylic acids is 1. The number of nitrogens with one attached hydrogen (secondary N) is 2. The van der Waals surface area contributed by atoms with Crippen LogP contribution in [0.15, 0.2) is 48.5 Å². The Kier molecular flexibility index (Phi) is 6.31. The fourth-order valence-electron chi connectivity index (χ4n) is 2.35. The molecule has 24 heavy (non-hydrogen) atoms. The molecule has 0 saturated heterocycles. The predicted octanol–water partition coefficient (Wildman–Crippen LogP) is 3.00. The number of anilines is 4. The van der Waals surface area contributed by atoms with Gasteiger partial charge in [0.1, 0.15) is 6.04 Å². The molecule has 0 bridgehead atoms. The lowest BCUT2D eigenvalue weighted by molar-refractivity contribution is -0.138. The van der Waals surface area contributed by atoms with Crippen LogP contribution in [0.4, 0.5) is 22.7 Å². The largest absolute Gasteiger partial charge is 0.480 e. The van der Waals surface area contributed by atoms with Gasteiger partial charge in [0.2, 0.25) is 0 Å². The Labute approximate surface area is 141 Å². The first-order chi connectivity index (χ1) is 11.5. The minimum absolute atomic E-state index is 0.559.